The molecule has 1 aromatic rings. The predicted molar refractivity (Wildman–Crippen MR) is 73.2 cm³/mol. The SMILES string of the molecule is N#CSc1cc(C2CC2)cn(C2CCOCC2)c1=O. The number of aromatic nitrogens is 1. The van der Waals surface area contributed by atoms with Gasteiger partial charge in [-0.15, -0.1) is 0 Å². The first-order chi connectivity index (χ1) is 9.29. The van der Waals surface area contributed by atoms with Crippen molar-refractivity contribution in [1.29, 1.82) is 5.26 Å². The lowest BCUT2D eigenvalue weighted by Gasteiger charge is -2.25. The maximum absolute atomic E-state index is 12.4. The summed E-state index contributed by atoms with van der Waals surface area (Å²) in [6, 6.07) is 2.13. The highest BCUT2D eigenvalue weighted by Crippen LogP contribution is 2.40. The monoisotopic (exact) mass is 276 g/mol. The Bertz CT molecular complexity index is 566. The third-order valence-electron chi connectivity index (χ3n) is 3.82. The van der Waals surface area contributed by atoms with Crippen LogP contribution in [-0.2, 0) is 4.74 Å². The zero-order valence-electron chi connectivity index (χ0n) is 10.7. The minimum Gasteiger partial charge on any atom is -0.381 e. The number of nitrogens with zero attached hydrogens (tertiary/aromatic N) is 2. The third-order valence-corrected chi connectivity index (χ3v) is 4.42. The second-order valence-electron chi connectivity index (χ2n) is 5.16. The van der Waals surface area contributed by atoms with Crippen LogP contribution in [0.3, 0.4) is 0 Å². The first-order valence-electron chi connectivity index (χ1n) is 6.69. The summed E-state index contributed by atoms with van der Waals surface area (Å²) in [5.74, 6) is 0.588. The molecule has 0 unspecified atom stereocenters. The van der Waals surface area contributed by atoms with Gasteiger partial charge in [0.1, 0.15) is 5.40 Å². The van der Waals surface area contributed by atoms with Gasteiger partial charge in [0.15, 0.2) is 0 Å². The van der Waals surface area contributed by atoms with E-state index >= 15 is 0 Å². The maximum Gasteiger partial charge on any atom is 0.265 e. The molecule has 0 amide bonds. The van der Waals surface area contributed by atoms with E-state index in [2.05, 4.69) is 0 Å². The van der Waals surface area contributed by atoms with Crippen molar-refractivity contribution in [2.75, 3.05) is 13.2 Å². The number of thioether (sulfide) groups is 1. The minimum atomic E-state index is -0.0251. The van der Waals surface area contributed by atoms with Gasteiger partial charge in [-0.25, -0.2) is 0 Å². The largest absolute Gasteiger partial charge is 0.381 e. The van der Waals surface area contributed by atoms with Crippen molar-refractivity contribution in [3.8, 4) is 5.40 Å². The Morgan fingerprint density at radius 3 is 2.68 bits per heavy atom. The van der Waals surface area contributed by atoms with Crippen molar-refractivity contribution in [2.24, 2.45) is 0 Å². The molecule has 2 fully saturated rings. The number of thiocyanates is 1. The van der Waals surface area contributed by atoms with Crippen molar-refractivity contribution in [2.45, 2.75) is 42.5 Å². The summed E-state index contributed by atoms with van der Waals surface area (Å²) >= 11 is 0.980. The van der Waals surface area contributed by atoms with Crippen molar-refractivity contribution >= 4 is 11.8 Å². The van der Waals surface area contributed by atoms with E-state index < -0.39 is 0 Å². The molecule has 0 spiro atoms. The minimum absolute atomic E-state index is 0.0251. The molecule has 0 N–H and O–H groups in total. The topological polar surface area (TPSA) is 55.0 Å². The Morgan fingerprint density at radius 2 is 2.05 bits per heavy atom. The molecule has 1 aliphatic carbocycles. The Morgan fingerprint density at radius 1 is 1.32 bits per heavy atom. The van der Waals surface area contributed by atoms with Gasteiger partial charge >= 0.3 is 0 Å². The van der Waals surface area contributed by atoms with Gasteiger partial charge < -0.3 is 9.30 Å². The number of ether oxygens (including phenoxy) is 1. The first kappa shape index (κ1) is 12.8. The lowest BCUT2D eigenvalue weighted by Crippen LogP contribution is -2.30. The molecule has 3 rings (SSSR count). The van der Waals surface area contributed by atoms with Crippen LogP contribution < -0.4 is 5.56 Å². The molecule has 0 aromatic carbocycles. The summed E-state index contributed by atoms with van der Waals surface area (Å²) in [4.78, 5) is 13.0. The van der Waals surface area contributed by atoms with Crippen LogP contribution in [0.4, 0.5) is 0 Å². The molecule has 2 heterocycles. The normalized spacial score (nSPS) is 20.2. The van der Waals surface area contributed by atoms with Crippen LogP contribution in [0.25, 0.3) is 0 Å². The summed E-state index contributed by atoms with van der Waals surface area (Å²) in [6.45, 7) is 1.43. The Kier molecular flexibility index (Phi) is 3.63. The van der Waals surface area contributed by atoms with Crippen LogP contribution in [0, 0.1) is 10.7 Å². The molecule has 0 radical (unpaired) electrons. The molecule has 1 aliphatic heterocycles. The van der Waals surface area contributed by atoms with Crippen LogP contribution in [0.15, 0.2) is 22.0 Å². The van der Waals surface area contributed by atoms with Crippen molar-refractivity contribution in [1.82, 2.24) is 4.57 Å². The smallest absolute Gasteiger partial charge is 0.265 e. The van der Waals surface area contributed by atoms with Gasteiger partial charge in [0.25, 0.3) is 5.56 Å². The summed E-state index contributed by atoms with van der Waals surface area (Å²) in [6.07, 6.45) is 6.16. The van der Waals surface area contributed by atoms with Gasteiger partial charge in [-0.1, -0.05) is 0 Å². The van der Waals surface area contributed by atoms with Crippen LogP contribution >= 0.6 is 11.8 Å². The molecule has 5 heteroatoms. The average Bonchev–Trinajstić information content (AvgIpc) is 3.27. The van der Waals surface area contributed by atoms with Crippen molar-refractivity contribution in [3.63, 3.8) is 0 Å². The van der Waals surface area contributed by atoms with Crippen molar-refractivity contribution in [3.05, 3.63) is 28.2 Å². The second-order valence-corrected chi connectivity index (χ2v) is 5.99. The fourth-order valence-corrected chi connectivity index (χ4v) is 3.08. The molecule has 2 aliphatic rings. The zero-order valence-corrected chi connectivity index (χ0v) is 11.5. The van der Waals surface area contributed by atoms with Crippen LogP contribution in [-0.4, -0.2) is 17.8 Å². The highest BCUT2D eigenvalue weighted by atomic mass is 32.2. The highest BCUT2D eigenvalue weighted by molar-refractivity contribution is 8.03. The molecule has 0 atom stereocenters. The standard InChI is InChI=1S/C14H16N2O2S/c15-9-19-13-7-11(10-1-2-10)8-16(14(13)17)12-3-5-18-6-4-12/h7-8,10,12H,1-6H2. The average molecular weight is 276 g/mol. The van der Waals surface area contributed by atoms with E-state index in [-0.39, 0.29) is 11.6 Å². The van der Waals surface area contributed by atoms with E-state index in [1.807, 2.05) is 22.2 Å². The molecule has 0 bridgehead atoms. The van der Waals surface area contributed by atoms with E-state index in [9.17, 15) is 4.79 Å². The number of rotatable bonds is 3. The summed E-state index contributed by atoms with van der Waals surface area (Å²) < 4.78 is 7.20. The molecule has 1 saturated heterocycles. The van der Waals surface area contributed by atoms with Gasteiger partial charge in [-0.3, -0.25) is 4.79 Å². The van der Waals surface area contributed by atoms with E-state index in [1.54, 1.807) is 0 Å². The summed E-state index contributed by atoms with van der Waals surface area (Å²) in [5.41, 5.74) is 1.19. The van der Waals surface area contributed by atoms with Crippen LogP contribution in [0.5, 0.6) is 0 Å². The van der Waals surface area contributed by atoms with E-state index in [4.69, 9.17) is 10.00 Å². The highest BCUT2D eigenvalue weighted by Gasteiger charge is 2.27. The number of hydrogen-bond acceptors (Lipinski definition) is 4. The number of pyridine rings is 1. The van der Waals surface area contributed by atoms with Crippen LogP contribution in [0.1, 0.15) is 43.2 Å². The zero-order chi connectivity index (χ0) is 13.2. The van der Waals surface area contributed by atoms with Gasteiger partial charge in [-0.05, 0) is 55.0 Å². The summed E-state index contributed by atoms with van der Waals surface area (Å²) in [5, 5.41) is 10.9. The van der Waals surface area contributed by atoms with Crippen molar-refractivity contribution < 1.29 is 4.74 Å². The van der Waals surface area contributed by atoms with Gasteiger partial charge in [0.2, 0.25) is 0 Å². The fraction of sp³-hybridized carbons (Fsp3) is 0.571. The Hall–Kier alpha value is -1.25. The second kappa shape index (κ2) is 5.40. The van der Waals surface area contributed by atoms with E-state index in [0.717, 1.165) is 24.6 Å². The van der Waals surface area contributed by atoms with Crippen LogP contribution in [0.2, 0.25) is 0 Å². The molecule has 1 aromatic heterocycles. The molecule has 1 saturated carbocycles. The number of hydrogen-bond donors (Lipinski definition) is 0. The molecule has 19 heavy (non-hydrogen) atoms. The van der Waals surface area contributed by atoms with Gasteiger partial charge in [-0.2, -0.15) is 5.26 Å². The van der Waals surface area contributed by atoms with E-state index in [1.165, 1.54) is 18.4 Å². The fourth-order valence-electron chi connectivity index (χ4n) is 2.59. The quantitative estimate of drug-likeness (QED) is 0.629. The molecule has 100 valence electrons. The maximum atomic E-state index is 12.4. The lowest BCUT2D eigenvalue weighted by molar-refractivity contribution is 0.0683. The molecular weight excluding hydrogens is 260 g/mol. The predicted octanol–water partition coefficient (Wildman–Crippen LogP) is 2.65. The Labute approximate surface area is 116 Å². The Balaban J connectivity index is 2.00. The molecular formula is C14H16N2O2S. The first-order valence-corrected chi connectivity index (χ1v) is 7.51. The summed E-state index contributed by atoms with van der Waals surface area (Å²) in [7, 11) is 0. The third kappa shape index (κ3) is 2.70. The molecule has 4 nitrogen and oxygen atoms in total. The van der Waals surface area contributed by atoms with Gasteiger partial charge in [0, 0.05) is 25.5 Å². The number of nitriles is 1. The lowest BCUT2D eigenvalue weighted by atomic mass is 10.1. The van der Waals surface area contributed by atoms with Gasteiger partial charge in [0.05, 0.1) is 4.90 Å². The van der Waals surface area contributed by atoms with E-state index in [0.29, 0.717) is 24.0 Å².